The van der Waals surface area contributed by atoms with Crippen LogP contribution in [0.2, 0.25) is 0 Å². The molecule has 7 nitrogen and oxygen atoms in total. The Bertz CT molecular complexity index is 804. The van der Waals surface area contributed by atoms with Crippen molar-refractivity contribution in [2.24, 2.45) is 0 Å². The third kappa shape index (κ3) is 4.36. The Morgan fingerprint density at radius 3 is 2.15 bits per heavy atom. The molecule has 0 bridgehead atoms. The Morgan fingerprint density at radius 1 is 0.963 bits per heavy atom. The number of nitrogens with one attached hydrogen (secondary N) is 1. The van der Waals surface area contributed by atoms with Crippen molar-refractivity contribution in [2.45, 2.75) is 19.8 Å². The van der Waals surface area contributed by atoms with Gasteiger partial charge in [0.1, 0.15) is 0 Å². The lowest BCUT2D eigenvalue weighted by molar-refractivity contribution is -0.144. The number of nitrogens with zero attached hydrogens (tertiary/aromatic N) is 2. The summed E-state index contributed by atoms with van der Waals surface area (Å²) in [6.07, 6.45) is 1.45. The van der Waals surface area contributed by atoms with Gasteiger partial charge in [-0.1, -0.05) is 26.0 Å². The molecule has 7 heteroatoms. The van der Waals surface area contributed by atoms with Crippen LogP contribution in [0.4, 0.5) is 5.69 Å². The van der Waals surface area contributed by atoms with Gasteiger partial charge in [0, 0.05) is 31.9 Å². The first kappa shape index (κ1) is 18.7. The molecular weight excluding hydrogens is 346 g/mol. The molecule has 1 saturated heterocycles. The summed E-state index contributed by atoms with van der Waals surface area (Å²) in [5.41, 5.74) is 1.75. The van der Waals surface area contributed by atoms with Gasteiger partial charge in [-0.3, -0.25) is 14.4 Å². The predicted molar refractivity (Wildman–Crippen MR) is 100 cm³/mol. The molecular formula is C20H23N3O4. The van der Waals surface area contributed by atoms with Crippen LogP contribution in [0, 0.1) is 0 Å². The number of amides is 3. The Labute approximate surface area is 157 Å². The van der Waals surface area contributed by atoms with Crippen molar-refractivity contribution in [3.05, 3.63) is 54.0 Å². The lowest BCUT2D eigenvalue weighted by atomic mass is 10.0. The van der Waals surface area contributed by atoms with Gasteiger partial charge in [-0.05, 0) is 35.7 Å². The SMILES string of the molecule is CC(C)c1ccc(NC(=O)C(=O)N2CCN(C(=O)c3ccco3)CC2)cc1. The minimum Gasteiger partial charge on any atom is -0.459 e. The van der Waals surface area contributed by atoms with Gasteiger partial charge in [-0.2, -0.15) is 0 Å². The van der Waals surface area contributed by atoms with Crippen LogP contribution < -0.4 is 5.32 Å². The molecule has 0 spiro atoms. The van der Waals surface area contributed by atoms with E-state index in [0.717, 1.165) is 5.56 Å². The fourth-order valence-electron chi connectivity index (χ4n) is 2.95. The summed E-state index contributed by atoms with van der Waals surface area (Å²) in [6.45, 7) is 5.53. The van der Waals surface area contributed by atoms with Gasteiger partial charge in [0.05, 0.1) is 6.26 Å². The minimum atomic E-state index is -0.668. The second-order valence-electron chi connectivity index (χ2n) is 6.79. The van der Waals surface area contributed by atoms with Crippen LogP contribution >= 0.6 is 0 Å². The van der Waals surface area contributed by atoms with Crippen LogP contribution in [-0.2, 0) is 9.59 Å². The average molecular weight is 369 g/mol. The molecule has 0 atom stereocenters. The highest BCUT2D eigenvalue weighted by Crippen LogP contribution is 2.17. The Morgan fingerprint density at radius 2 is 1.59 bits per heavy atom. The van der Waals surface area contributed by atoms with Crippen LogP contribution in [0.25, 0.3) is 0 Å². The topological polar surface area (TPSA) is 82.9 Å². The molecule has 3 amide bonds. The second-order valence-corrected chi connectivity index (χ2v) is 6.79. The highest BCUT2D eigenvalue weighted by molar-refractivity contribution is 6.39. The van der Waals surface area contributed by atoms with Crippen molar-refractivity contribution in [1.29, 1.82) is 0 Å². The standard InChI is InChI=1S/C20H23N3O4/c1-14(2)15-5-7-16(8-6-15)21-18(24)20(26)23-11-9-22(10-12-23)19(25)17-4-3-13-27-17/h3-8,13-14H,9-12H2,1-2H3,(H,21,24). The van der Waals surface area contributed by atoms with E-state index < -0.39 is 11.8 Å². The van der Waals surface area contributed by atoms with Crippen molar-refractivity contribution in [3.8, 4) is 0 Å². The van der Waals surface area contributed by atoms with E-state index in [1.165, 1.54) is 11.2 Å². The number of hydrogen-bond donors (Lipinski definition) is 1. The summed E-state index contributed by atoms with van der Waals surface area (Å²) < 4.78 is 5.11. The zero-order chi connectivity index (χ0) is 19.4. The average Bonchev–Trinajstić information content (AvgIpc) is 3.22. The predicted octanol–water partition coefficient (Wildman–Crippen LogP) is 2.33. The summed E-state index contributed by atoms with van der Waals surface area (Å²) in [5, 5.41) is 2.64. The number of benzene rings is 1. The Hall–Kier alpha value is -3.09. The van der Waals surface area contributed by atoms with Gasteiger partial charge in [0.2, 0.25) is 0 Å². The van der Waals surface area contributed by atoms with Gasteiger partial charge in [-0.25, -0.2) is 0 Å². The summed E-state index contributed by atoms with van der Waals surface area (Å²) in [5.74, 6) is -0.790. The summed E-state index contributed by atoms with van der Waals surface area (Å²) in [4.78, 5) is 39.9. The van der Waals surface area contributed by atoms with Gasteiger partial charge >= 0.3 is 11.8 Å². The van der Waals surface area contributed by atoms with E-state index in [1.807, 2.05) is 12.1 Å². The van der Waals surface area contributed by atoms with Crippen LogP contribution in [-0.4, -0.2) is 53.7 Å². The third-order valence-corrected chi connectivity index (χ3v) is 4.62. The van der Waals surface area contributed by atoms with Gasteiger partial charge < -0.3 is 19.5 Å². The molecule has 0 unspecified atom stereocenters. The molecule has 1 aromatic heterocycles. The van der Waals surface area contributed by atoms with Crippen LogP contribution in [0.5, 0.6) is 0 Å². The van der Waals surface area contributed by atoms with E-state index in [-0.39, 0.29) is 11.7 Å². The monoisotopic (exact) mass is 369 g/mol. The van der Waals surface area contributed by atoms with E-state index in [4.69, 9.17) is 4.42 Å². The number of rotatable bonds is 3. The Balaban J connectivity index is 1.52. The molecule has 142 valence electrons. The quantitative estimate of drug-likeness (QED) is 0.842. The summed E-state index contributed by atoms with van der Waals surface area (Å²) in [7, 11) is 0. The van der Waals surface area contributed by atoms with Crippen molar-refractivity contribution in [3.63, 3.8) is 0 Å². The highest BCUT2D eigenvalue weighted by atomic mass is 16.3. The maximum absolute atomic E-state index is 12.4. The maximum Gasteiger partial charge on any atom is 0.313 e. The molecule has 0 aliphatic carbocycles. The number of hydrogen-bond acceptors (Lipinski definition) is 4. The van der Waals surface area contributed by atoms with E-state index in [9.17, 15) is 14.4 Å². The van der Waals surface area contributed by atoms with Crippen LogP contribution in [0.3, 0.4) is 0 Å². The lowest BCUT2D eigenvalue weighted by Crippen LogP contribution is -2.52. The Kier molecular flexibility index (Phi) is 5.59. The fourth-order valence-corrected chi connectivity index (χ4v) is 2.95. The van der Waals surface area contributed by atoms with Gasteiger partial charge in [0.25, 0.3) is 5.91 Å². The first-order valence-corrected chi connectivity index (χ1v) is 8.98. The van der Waals surface area contributed by atoms with E-state index in [0.29, 0.717) is 37.8 Å². The van der Waals surface area contributed by atoms with Gasteiger partial charge in [0.15, 0.2) is 5.76 Å². The van der Waals surface area contributed by atoms with Crippen molar-refractivity contribution < 1.29 is 18.8 Å². The molecule has 1 N–H and O–H groups in total. The van der Waals surface area contributed by atoms with Crippen molar-refractivity contribution in [2.75, 3.05) is 31.5 Å². The molecule has 1 fully saturated rings. The smallest absolute Gasteiger partial charge is 0.313 e. The molecule has 1 aromatic carbocycles. The van der Waals surface area contributed by atoms with E-state index >= 15 is 0 Å². The van der Waals surface area contributed by atoms with Crippen molar-refractivity contribution >= 4 is 23.4 Å². The fraction of sp³-hybridized carbons (Fsp3) is 0.350. The maximum atomic E-state index is 12.4. The van der Waals surface area contributed by atoms with Crippen molar-refractivity contribution in [1.82, 2.24) is 9.80 Å². The molecule has 2 aromatic rings. The zero-order valence-electron chi connectivity index (χ0n) is 15.5. The summed E-state index contributed by atoms with van der Waals surface area (Å²) >= 11 is 0. The van der Waals surface area contributed by atoms with Gasteiger partial charge in [-0.15, -0.1) is 0 Å². The number of furan rings is 1. The zero-order valence-corrected chi connectivity index (χ0v) is 15.5. The molecule has 3 rings (SSSR count). The number of anilines is 1. The highest BCUT2D eigenvalue weighted by Gasteiger charge is 2.29. The largest absolute Gasteiger partial charge is 0.459 e. The van der Waals surface area contributed by atoms with Crippen LogP contribution in [0.15, 0.2) is 47.1 Å². The number of carbonyl (C=O) groups excluding carboxylic acids is 3. The summed E-state index contributed by atoms with van der Waals surface area (Å²) in [6, 6.07) is 10.7. The van der Waals surface area contributed by atoms with Crippen LogP contribution in [0.1, 0.15) is 35.9 Å². The lowest BCUT2D eigenvalue weighted by Gasteiger charge is -2.33. The molecule has 1 aliphatic heterocycles. The van der Waals surface area contributed by atoms with E-state index in [2.05, 4.69) is 19.2 Å². The molecule has 0 saturated carbocycles. The molecule has 27 heavy (non-hydrogen) atoms. The third-order valence-electron chi connectivity index (χ3n) is 4.62. The number of piperazine rings is 1. The molecule has 2 heterocycles. The molecule has 0 radical (unpaired) electrons. The minimum absolute atomic E-state index is 0.207. The normalized spacial score (nSPS) is 14.3. The first-order valence-electron chi connectivity index (χ1n) is 8.98. The molecule has 1 aliphatic rings. The first-order chi connectivity index (χ1) is 13.0. The second kappa shape index (κ2) is 8.07. The van der Waals surface area contributed by atoms with E-state index in [1.54, 1.807) is 29.2 Å². The number of carbonyl (C=O) groups is 3.